The molecule has 2 heterocycles. The number of hydrogen-bond donors (Lipinski definition) is 0. The van der Waals surface area contributed by atoms with Crippen LogP contribution in [0.3, 0.4) is 0 Å². The Labute approximate surface area is 174 Å². The maximum absolute atomic E-state index is 13.2. The summed E-state index contributed by atoms with van der Waals surface area (Å²) in [5.74, 6) is 1.70. The summed E-state index contributed by atoms with van der Waals surface area (Å²) in [4.78, 5) is 15.2. The normalized spacial score (nSPS) is 14.8. The van der Waals surface area contributed by atoms with E-state index in [1.54, 1.807) is 7.11 Å². The van der Waals surface area contributed by atoms with Crippen LogP contribution in [-0.4, -0.2) is 45.8 Å². The molecule has 0 bridgehead atoms. The van der Waals surface area contributed by atoms with E-state index in [0.29, 0.717) is 0 Å². The van der Waals surface area contributed by atoms with Gasteiger partial charge in [-0.2, -0.15) is 0 Å². The fraction of sp³-hybridized carbons (Fsp3) is 0.318. The number of ether oxygens (including phenoxy) is 1. The van der Waals surface area contributed by atoms with E-state index in [-0.39, 0.29) is 11.2 Å². The van der Waals surface area contributed by atoms with Crippen molar-refractivity contribution >= 4 is 17.7 Å². The molecule has 0 unspecified atom stereocenters. The van der Waals surface area contributed by atoms with E-state index in [0.717, 1.165) is 53.8 Å². The molecule has 0 aliphatic carbocycles. The number of likely N-dealkylation sites (tertiary alicyclic amines) is 1. The molecule has 1 saturated heterocycles. The number of thioether (sulfide) groups is 1. The molecule has 1 atom stereocenters. The van der Waals surface area contributed by atoms with Crippen molar-refractivity contribution in [3.8, 4) is 17.1 Å². The summed E-state index contributed by atoms with van der Waals surface area (Å²) in [6, 6.07) is 17.7. The first-order valence-electron chi connectivity index (χ1n) is 9.71. The second-order valence-corrected chi connectivity index (χ2v) is 8.11. The lowest BCUT2D eigenvalue weighted by Crippen LogP contribution is -2.31. The SMILES string of the molecule is COc1ccc(-c2nnc(S[C@@H](C(=O)N3CCCC3)c3ccccc3)n2C)cc1. The first-order valence-corrected chi connectivity index (χ1v) is 10.6. The summed E-state index contributed by atoms with van der Waals surface area (Å²) in [6.45, 7) is 1.66. The van der Waals surface area contributed by atoms with Crippen LogP contribution in [0.15, 0.2) is 59.8 Å². The Morgan fingerprint density at radius 3 is 2.38 bits per heavy atom. The van der Waals surface area contributed by atoms with Gasteiger partial charge in [-0.3, -0.25) is 4.79 Å². The lowest BCUT2D eigenvalue weighted by molar-refractivity contribution is -0.129. The van der Waals surface area contributed by atoms with Gasteiger partial charge in [0.1, 0.15) is 11.0 Å². The summed E-state index contributed by atoms with van der Waals surface area (Å²) in [6.07, 6.45) is 2.15. The van der Waals surface area contributed by atoms with Gasteiger partial charge in [0.2, 0.25) is 5.91 Å². The van der Waals surface area contributed by atoms with Crippen molar-refractivity contribution < 1.29 is 9.53 Å². The van der Waals surface area contributed by atoms with Gasteiger partial charge in [0, 0.05) is 25.7 Å². The van der Waals surface area contributed by atoms with E-state index >= 15 is 0 Å². The van der Waals surface area contributed by atoms with E-state index < -0.39 is 0 Å². The molecule has 0 saturated carbocycles. The van der Waals surface area contributed by atoms with Gasteiger partial charge in [0.25, 0.3) is 0 Å². The average molecular weight is 409 g/mol. The zero-order chi connectivity index (χ0) is 20.2. The minimum atomic E-state index is -0.332. The maximum atomic E-state index is 13.2. The molecule has 1 amide bonds. The van der Waals surface area contributed by atoms with Gasteiger partial charge >= 0.3 is 0 Å². The fourth-order valence-electron chi connectivity index (χ4n) is 3.51. The standard InChI is InChI=1S/C22H24N4O2S/c1-25-20(17-10-12-18(28-2)13-11-17)23-24-22(25)29-19(16-8-4-3-5-9-16)21(27)26-14-6-7-15-26/h3-5,8-13,19H,6-7,14-15H2,1-2H3/t19-/m1/s1. The Balaban J connectivity index is 1.62. The van der Waals surface area contributed by atoms with Crippen LogP contribution in [0, 0.1) is 0 Å². The Morgan fingerprint density at radius 1 is 1.03 bits per heavy atom. The van der Waals surface area contributed by atoms with Crippen LogP contribution in [0.4, 0.5) is 0 Å². The van der Waals surface area contributed by atoms with Crippen molar-refractivity contribution in [2.24, 2.45) is 7.05 Å². The molecular formula is C22H24N4O2S. The first kappa shape index (κ1) is 19.5. The Hall–Kier alpha value is -2.80. The molecule has 7 heteroatoms. The predicted octanol–water partition coefficient (Wildman–Crippen LogP) is 3.95. The van der Waals surface area contributed by atoms with Gasteiger partial charge in [0.05, 0.1) is 7.11 Å². The van der Waals surface area contributed by atoms with Crippen molar-refractivity contribution in [3.05, 3.63) is 60.2 Å². The highest BCUT2D eigenvalue weighted by atomic mass is 32.2. The van der Waals surface area contributed by atoms with E-state index in [2.05, 4.69) is 10.2 Å². The highest BCUT2D eigenvalue weighted by Gasteiger charge is 2.30. The van der Waals surface area contributed by atoms with Gasteiger partial charge in [-0.1, -0.05) is 42.1 Å². The molecule has 3 aromatic rings. The Bertz CT molecular complexity index is 966. The number of hydrogen-bond acceptors (Lipinski definition) is 5. The van der Waals surface area contributed by atoms with E-state index in [1.807, 2.05) is 71.1 Å². The number of methoxy groups -OCH3 is 1. The smallest absolute Gasteiger partial charge is 0.240 e. The number of amides is 1. The molecule has 0 spiro atoms. The summed E-state index contributed by atoms with van der Waals surface area (Å²) in [5, 5.41) is 9.14. The largest absolute Gasteiger partial charge is 0.497 e. The van der Waals surface area contributed by atoms with Crippen LogP contribution >= 0.6 is 11.8 Å². The van der Waals surface area contributed by atoms with Gasteiger partial charge in [-0.15, -0.1) is 10.2 Å². The fourth-order valence-corrected chi connectivity index (χ4v) is 4.59. The molecule has 0 N–H and O–H groups in total. The number of carbonyl (C=O) groups is 1. The van der Waals surface area contributed by atoms with E-state index in [9.17, 15) is 4.79 Å². The molecule has 1 fully saturated rings. The molecular weight excluding hydrogens is 384 g/mol. The Morgan fingerprint density at radius 2 is 1.72 bits per heavy atom. The van der Waals surface area contributed by atoms with Crippen molar-refractivity contribution in [1.82, 2.24) is 19.7 Å². The predicted molar refractivity (Wildman–Crippen MR) is 114 cm³/mol. The molecule has 4 rings (SSSR count). The number of carbonyl (C=O) groups excluding carboxylic acids is 1. The molecule has 1 aliphatic rings. The molecule has 1 aliphatic heterocycles. The second kappa shape index (κ2) is 8.69. The zero-order valence-electron chi connectivity index (χ0n) is 16.6. The molecule has 6 nitrogen and oxygen atoms in total. The third-order valence-corrected chi connectivity index (χ3v) is 6.43. The third kappa shape index (κ3) is 4.15. The lowest BCUT2D eigenvalue weighted by atomic mass is 10.1. The van der Waals surface area contributed by atoms with Crippen LogP contribution in [-0.2, 0) is 11.8 Å². The van der Waals surface area contributed by atoms with Gasteiger partial charge in [-0.05, 0) is 42.7 Å². The zero-order valence-corrected chi connectivity index (χ0v) is 17.4. The first-order chi connectivity index (χ1) is 14.2. The quantitative estimate of drug-likeness (QED) is 0.578. The van der Waals surface area contributed by atoms with Crippen LogP contribution in [0.5, 0.6) is 5.75 Å². The second-order valence-electron chi connectivity index (χ2n) is 7.03. The molecule has 150 valence electrons. The lowest BCUT2D eigenvalue weighted by Gasteiger charge is -2.22. The minimum Gasteiger partial charge on any atom is -0.497 e. The highest BCUT2D eigenvalue weighted by Crippen LogP contribution is 2.37. The monoisotopic (exact) mass is 408 g/mol. The van der Waals surface area contributed by atoms with Gasteiger partial charge < -0.3 is 14.2 Å². The van der Waals surface area contributed by atoms with Crippen molar-refractivity contribution in [1.29, 1.82) is 0 Å². The van der Waals surface area contributed by atoms with Gasteiger partial charge in [-0.25, -0.2) is 0 Å². The summed E-state index contributed by atoms with van der Waals surface area (Å²) < 4.78 is 7.17. The van der Waals surface area contributed by atoms with Crippen LogP contribution < -0.4 is 4.74 Å². The molecule has 0 radical (unpaired) electrons. The number of nitrogens with zero attached hydrogens (tertiary/aromatic N) is 4. The Kier molecular flexibility index (Phi) is 5.85. The topological polar surface area (TPSA) is 60.3 Å². The maximum Gasteiger partial charge on any atom is 0.240 e. The van der Waals surface area contributed by atoms with Crippen LogP contribution in [0.2, 0.25) is 0 Å². The molecule has 29 heavy (non-hydrogen) atoms. The number of rotatable bonds is 6. The van der Waals surface area contributed by atoms with Crippen molar-refractivity contribution in [2.75, 3.05) is 20.2 Å². The molecule has 1 aromatic heterocycles. The average Bonchev–Trinajstić information content (AvgIpc) is 3.43. The van der Waals surface area contributed by atoms with Crippen molar-refractivity contribution in [3.63, 3.8) is 0 Å². The number of benzene rings is 2. The summed E-state index contributed by atoms with van der Waals surface area (Å²) in [5.41, 5.74) is 1.94. The number of aromatic nitrogens is 3. The van der Waals surface area contributed by atoms with Crippen molar-refractivity contribution in [2.45, 2.75) is 23.2 Å². The summed E-state index contributed by atoms with van der Waals surface area (Å²) >= 11 is 1.46. The molecule has 2 aromatic carbocycles. The van der Waals surface area contributed by atoms with E-state index in [1.165, 1.54) is 11.8 Å². The third-order valence-electron chi connectivity index (χ3n) is 5.15. The minimum absolute atomic E-state index is 0.146. The van der Waals surface area contributed by atoms with Crippen LogP contribution in [0.25, 0.3) is 11.4 Å². The van der Waals surface area contributed by atoms with Gasteiger partial charge in [0.15, 0.2) is 11.0 Å². The van der Waals surface area contributed by atoms with Crippen LogP contribution in [0.1, 0.15) is 23.7 Å². The summed E-state index contributed by atoms with van der Waals surface area (Å²) in [7, 11) is 3.58. The highest BCUT2D eigenvalue weighted by molar-refractivity contribution is 8.00. The van der Waals surface area contributed by atoms with E-state index in [4.69, 9.17) is 4.74 Å².